The van der Waals surface area contributed by atoms with Gasteiger partial charge < -0.3 is 43.3 Å². The van der Waals surface area contributed by atoms with Crippen molar-refractivity contribution in [2.45, 2.75) is 135 Å². The maximum absolute atomic E-state index is 13.0. The van der Waals surface area contributed by atoms with Crippen LogP contribution in [0.1, 0.15) is 135 Å². The molecule has 1 fully saturated rings. The van der Waals surface area contributed by atoms with E-state index in [0.717, 1.165) is 79.5 Å². The van der Waals surface area contributed by atoms with E-state index >= 15 is 0 Å². The van der Waals surface area contributed by atoms with Crippen LogP contribution in [0.4, 0.5) is 5.69 Å². The molecule has 0 spiro atoms. The fraction of sp³-hybridized carbons (Fsp3) is 0.609. The zero-order chi connectivity index (χ0) is 37.7. The standard InChI is InChI=1S/C46H67N3O4S.HI/c1-2-3-4-5-6-7-8-9-10-11-12-13-14-15-16-17-18-24-46(51)53-38-49(33-30-48(31-34-49)43-22-21-23-44-41(43)29-36-54-44)32-19-20-35-52-40-27-25-39-26-28-45(50)47-42(39)37-40;/h21-23,25-29,36-37H,2-20,24,30-35,38H2,1H3;1H. The van der Waals surface area contributed by atoms with Crippen molar-refractivity contribution < 1.29 is 42.7 Å². The number of unbranched alkanes of at least 4 members (excludes halogenated alkanes) is 17. The number of aromatic nitrogens is 1. The first-order valence-electron chi connectivity index (χ1n) is 21.5. The molecular weight excluding hydrogens is 817 g/mol. The topological polar surface area (TPSA) is 71.6 Å². The monoisotopic (exact) mass is 885 g/mol. The number of quaternary nitrogens is 1. The van der Waals surface area contributed by atoms with E-state index < -0.39 is 0 Å². The number of hydrogen-bond donors (Lipinski definition) is 1. The number of H-pyrrole nitrogens is 1. The number of esters is 1. The minimum atomic E-state index is -0.110. The normalized spacial score (nSPS) is 13.9. The maximum atomic E-state index is 13.0. The average molecular weight is 886 g/mol. The summed E-state index contributed by atoms with van der Waals surface area (Å²) in [6.45, 7) is 8.08. The molecule has 2 aromatic carbocycles. The van der Waals surface area contributed by atoms with Gasteiger partial charge in [-0.2, -0.15) is 0 Å². The van der Waals surface area contributed by atoms with Crippen molar-refractivity contribution in [3.63, 3.8) is 0 Å². The van der Waals surface area contributed by atoms with Gasteiger partial charge in [0.1, 0.15) is 5.75 Å². The molecule has 1 aliphatic rings. The lowest BCUT2D eigenvalue weighted by atomic mass is 10.0. The zero-order valence-corrected chi connectivity index (χ0v) is 36.7. The van der Waals surface area contributed by atoms with Crippen molar-refractivity contribution in [2.75, 3.05) is 51.0 Å². The van der Waals surface area contributed by atoms with E-state index in [4.69, 9.17) is 9.47 Å². The molecule has 0 radical (unpaired) electrons. The molecule has 4 aromatic rings. The van der Waals surface area contributed by atoms with Gasteiger partial charge in [-0.05, 0) is 66.4 Å². The Hall–Kier alpha value is -2.63. The number of ether oxygens (including phenoxy) is 2. The van der Waals surface area contributed by atoms with Crippen molar-refractivity contribution in [2.24, 2.45) is 0 Å². The second kappa shape index (κ2) is 25.6. The second-order valence-corrected chi connectivity index (χ2v) is 16.7. The van der Waals surface area contributed by atoms with Crippen LogP contribution in [0.3, 0.4) is 0 Å². The van der Waals surface area contributed by atoms with Crippen LogP contribution in [-0.2, 0) is 9.53 Å². The first-order chi connectivity index (χ1) is 26.5. The van der Waals surface area contributed by atoms with E-state index in [1.807, 2.05) is 24.3 Å². The van der Waals surface area contributed by atoms with E-state index in [2.05, 4.69) is 46.5 Å². The molecule has 0 saturated carbocycles. The largest absolute Gasteiger partial charge is 1.00 e. The van der Waals surface area contributed by atoms with Crippen molar-refractivity contribution in [3.8, 4) is 5.75 Å². The van der Waals surface area contributed by atoms with Crippen LogP contribution in [0.2, 0.25) is 0 Å². The van der Waals surface area contributed by atoms with Crippen LogP contribution in [0.5, 0.6) is 5.75 Å². The summed E-state index contributed by atoms with van der Waals surface area (Å²) in [7, 11) is 0. The predicted octanol–water partition coefficient (Wildman–Crippen LogP) is 8.79. The third-order valence-corrected chi connectivity index (χ3v) is 12.4. The average Bonchev–Trinajstić information content (AvgIpc) is 3.68. The number of nitrogens with one attached hydrogen (secondary N) is 1. The van der Waals surface area contributed by atoms with E-state index in [0.29, 0.717) is 19.8 Å². The number of halogens is 1. The molecule has 1 saturated heterocycles. The summed E-state index contributed by atoms with van der Waals surface area (Å²) >= 11 is 1.79. The summed E-state index contributed by atoms with van der Waals surface area (Å²) in [6.07, 6.45) is 25.1. The van der Waals surface area contributed by atoms with E-state index in [9.17, 15) is 9.59 Å². The zero-order valence-electron chi connectivity index (χ0n) is 33.7. The molecule has 5 rings (SSSR count). The van der Waals surface area contributed by atoms with Crippen LogP contribution in [0.25, 0.3) is 21.0 Å². The molecular formula is C46H68IN3O4S. The summed E-state index contributed by atoms with van der Waals surface area (Å²) in [5.41, 5.74) is 1.99. The third-order valence-electron chi connectivity index (χ3n) is 11.5. The molecule has 0 atom stereocenters. The van der Waals surface area contributed by atoms with Gasteiger partial charge in [-0.25, -0.2) is 0 Å². The molecule has 1 aliphatic heterocycles. The van der Waals surface area contributed by atoms with Crippen molar-refractivity contribution in [3.05, 3.63) is 70.3 Å². The molecule has 0 unspecified atom stereocenters. The lowest BCUT2D eigenvalue weighted by molar-refractivity contribution is -0.944. The van der Waals surface area contributed by atoms with Gasteiger partial charge in [-0.15, -0.1) is 11.3 Å². The Labute approximate surface area is 352 Å². The molecule has 3 heterocycles. The van der Waals surface area contributed by atoms with Gasteiger partial charge >= 0.3 is 5.97 Å². The fourth-order valence-electron chi connectivity index (χ4n) is 8.03. The van der Waals surface area contributed by atoms with Crippen molar-refractivity contribution >= 4 is 44.0 Å². The number of piperazine rings is 1. The molecule has 1 N–H and O–H groups in total. The molecule has 0 aliphatic carbocycles. The van der Waals surface area contributed by atoms with Crippen molar-refractivity contribution in [1.82, 2.24) is 4.98 Å². The Balaban J connectivity index is 0.00000673. The molecule has 304 valence electrons. The minimum absolute atomic E-state index is 0. The lowest BCUT2D eigenvalue weighted by Crippen LogP contribution is -3.00. The predicted molar refractivity (Wildman–Crippen MR) is 228 cm³/mol. The number of thiophene rings is 1. The molecule has 0 amide bonds. The molecule has 7 nitrogen and oxygen atoms in total. The number of pyridine rings is 1. The van der Waals surface area contributed by atoms with E-state index in [1.54, 1.807) is 17.4 Å². The number of benzene rings is 2. The van der Waals surface area contributed by atoms with Gasteiger partial charge in [0.05, 0.1) is 44.8 Å². The number of aromatic amines is 1. The number of nitrogens with zero attached hydrogens (tertiary/aromatic N) is 2. The smallest absolute Gasteiger partial charge is 0.310 e. The van der Waals surface area contributed by atoms with Crippen LogP contribution >= 0.6 is 11.3 Å². The Morgan fingerprint density at radius 2 is 1.40 bits per heavy atom. The number of hydrogen-bond acceptors (Lipinski definition) is 6. The Kier molecular flexibility index (Phi) is 21.0. The van der Waals surface area contributed by atoms with Gasteiger partial charge in [-0.3, -0.25) is 14.1 Å². The fourth-order valence-corrected chi connectivity index (χ4v) is 8.84. The van der Waals surface area contributed by atoms with Crippen LogP contribution in [-0.4, -0.2) is 61.5 Å². The Morgan fingerprint density at radius 3 is 2.07 bits per heavy atom. The molecule has 2 aromatic heterocycles. The first kappa shape index (κ1) is 45.1. The molecule has 0 bridgehead atoms. The first-order valence-corrected chi connectivity index (χ1v) is 22.4. The van der Waals surface area contributed by atoms with Crippen LogP contribution < -0.4 is 39.2 Å². The van der Waals surface area contributed by atoms with Crippen LogP contribution in [0, 0.1) is 0 Å². The highest BCUT2D eigenvalue weighted by Gasteiger charge is 2.34. The number of fused-ring (bicyclic) bond motifs is 2. The highest BCUT2D eigenvalue weighted by molar-refractivity contribution is 7.17. The van der Waals surface area contributed by atoms with Gasteiger partial charge in [-0.1, -0.05) is 116 Å². The Morgan fingerprint density at radius 1 is 0.764 bits per heavy atom. The number of anilines is 1. The molecule has 55 heavy (non-hydrogen) atoms. The maximum Gasteiger partial charge on any atom is 0.310 e. The Bertz CT molecular complexity index is 1720. The second-order valence-electron chi connectivity index (χ2n) is 15.8. The van der Waals surface area contributed by atoms with Gasteiger partial charge in [0.25, 0.3) is 0 Å². The highest BCUT2D eigenvalue weighted by Crippen LogP contribution is 2.32. The minimum Gasteiger partial charge on any atom is -1.00 e. The van der Waals surface area contributed by atoms with Gasteiger partial charge in [0, 0.05) is 34.3 Å². The number of carbonyl (C=O) groups excluding carboxylic acids is 1. The van der Waals surface area contributed by atoms with Crippen molar-refractivity contribution in [1.29, 1.82) is 0 Å². The number of rotatable bonds is 27. The number of carbonyl (C=O) groups is 1. The SMILES string of the molecule is CCCCCCCCCCCCCCCCCCCC(=O)OC[N+]1(CCCCOc2ccc3ccc(=O)[nH]c3c2)CCN(c2cccc3sccc23)CC1.[I-]. The summed E-state index contributed by atoms with van der Waals surface area (Å²) in [5, 5.41) is 4.50. The summed E-state index contributed by atoms with van der Waals surface area (Å²) in [6, 6.07) is 18.1. The quantitative estimate of drug-likeness (QED) is 0.0281. The van der Waals surface area contributed by atoms with Crippen LogP contribution in [0.15, 0.2) is 64.8 Å². The summed E-state index contributed by atoms with van der Waals surface area (Å²) in [5.74, 6) is 0.722. The van der Waals surface area contributed by atoms with E-state index in [-0.39, 0.29) is 35.5 Å². The molecule has 9 heteroatoms. The van der Waals surface area contributed by atoms with E-state index in [1.165, 1.54) is 112 Å². The lowest BCUT2D eigenvalue weighted by Gasteiger charge is -2.45. The third kappa shape index (κ3) is 15.7. The summed E-state index contributed by atoms with van der Waals surface area (Å²) in [4.78, 5) is 30.1. The van der Waals surface area contributed by atoms with Gasteiger partial charge in [0.2, 0.25) is 12.3 Å². The van der Waals surface area contributed by atoms with Gasteiger partial charge in [0.15, 0.2) is 0 Å². The highest BCUT2D eigenvalue weighted by atomic mass is 127. The summed E-state index contributed by atoms with van der Waals surface area (Å²) < 4.78 is 14.3.